The van der Waals surface area contributed by atoms with E-state index in [1.54, 1.807) is 16.4 Å². The molecule has 23 heavy (non-hydrogen) atoms. The molecule has 1 aliphatic rings. The van der Waals surface area contributed by atoms with E-state index in [4.69, 9.17) is 4.74 Å². The van der Waals surface area contributed by atoms with Gasteiger partial charge in [0.2, 0.25) is 15.9 Å². The van der Waals surface area contributed by atoms with Crippen LogP contribution >= 0.6 is 0 Å². The molecule has 128 valence electrons. The summed E-state index contributed by atoms with van der Waals surface area (Å²) in [7, 11) is -2.05. The van der Waals surface area contributed by atoms with E-state index in [2.05, 4.69) is 19.2 Å². The maximum absolute atomic E-state index is 12.7. The topological polar surface area (TPSA) is 75.7 Å². The molecule has 0 saturated carbocycles. The number of rotatable bonds is 5. The normalized spacial score (nSPS) is 22.7. The highest BCUT2D eigenvalue weighted by Gasteiger charge is 2.31. The first-order chi connectivity index (χ1) is 10.8. The number of sulfonamides is 1. The SMILES string of the molecule is COCC(=O)Nc1ccc(S(=O)(=O)N2C[C@@H](C)C[C@H](C)C2)cc1. The minimum absolute atomic E-state index is 0.0381. The van der Waals surface area contributed by atoms with Crippen molar-refractivity contribution >= 4 is 21.6 Å². The van der Waals surface area contributed by atoms with Crippen LogP contribution in [0.5, 0.6) is 0 Å². The van der Waals surface area contributed by atoms with E-state index in [1.807, 2.05) is 0 Å². The van der Waals surface area contributed by atoms with Gasteiger partial charge in [-0.2, -0.15) is 4.31 Å². The maximum atomic E-state index is 12.7. The highest BCUT2D eigenvalue weighted by atomic mass is 32.2. The Morgan fingerprint density at radius 2 is 1.78 bits per heavy atom. The Labute approximate surface area is 137 Å². The molecule has 0 aliphatic carbocycles. The van der Waals surface area contributed by atoms with E-state index in [0.717, 1.165) is 6.42 Å². The molecule has 1 aromatic carbocycles. The molecule has 1 N–H and O–H groups in total. The second kappa shape index (κ2) is 7.42. The summed E-state index contributed by atoms with van der Waals surface area (Å²) in [6.45, 7) is 5.22. The molecular weight excluding hydrogens is 316 g/mol. The first kappa shape index (κ1) is 17.9. The average Bonchev–Trinajstić information content (AvgIpc) is 2.47. The van der Waals surface area contributed by atoms with Crippen molar-refractivity contribution in [3.8, 4) is 0 Å². The van der Waals surface area contributed by atoms with Crippen LogP contribution in [-0.4, -0.2) is 45.4 Å². The summed E-state index contributed by atoms with van der Waals surface area (Å²) in [5.41, 5.74) is 0.548. The van der Waals surface area contributed by atoms with Gasteiger partial charge in [0.05, 0.1) is 4.90 Å². The predicted molar refractivity (Wildman–Crippen MR) is 88.7 cm³/mol. The average molecular weight is 340 g/mol. The number of carbonyl (C=O) groups is 1. The summed E-state index contributed by atoms with van der Waals surface area (Å²) < 4.78 is 31.8. The molecule has 1 heterocycles. The molecule has 0 unspecified atom stereocenters. The third kappa shape index (κ3) is 4.53. The quantitative estimate of drug-likeness (QED) is 0.889. The summed E-state index contributed by atoms with van der Waals surface area (Å²) in [5, 5.41) is 2.64. The van der Waals surface area contributed by atoms with Gasteiger partial charge in [-0.1, -0.05) is 13.8 Å². The molecular formula is C16H24N2O4S. The number of hydrogen-bond donors (Lipinski definition) is 1. The van der Waals surface area contributed by atoms with Gasteiger partial charge in [-0.15, -0.1) is 0 Å². The summed E-state index contributed by atoms with van der Waals surface area (Å²) in [4.78, 5) is 11.7. The zero-order valence-corrected chi connectivity index (χ0v) is 14.6. The lowest BCUT2D eigenvalue weighted by molar-refractivity contribution is -0.119. The molecule has 0 spiro atoms. The molecule has 1 fully saturated rings. The van der Waals surface area contributed by atoms with Crippen molar-refractivity contribution in [2.45, 2.75) is 25.2 Å². The van der Waals surface area contributed by atoms with Gasteiger partial charge in [0.1, 0.15) is 6.61 Å². The van der Waals surface area contributed by atoms with Crippen molar-refractivity contribution in [3.05, 3.63) is 24.3 Å². The first-order valence-electron chi connectivity index (χ1n) is 7.72. The molecule has 1 aliphatic heterocycles. The van der Waals surface area contributed by atoms with E-state index < -0.39 is 10.0 Å². The standard InChI is InChI=1S/C16H24N2O4S/c1-12-8-13(2)10-18(9-12)23(20,21)15-6-4-14(5-7-15)17-16(19)11-22-3/h4-7,12-13H,8-11H2,1-3H3,(H,17,19)/t12-,13-/m0/s1. The Kier molecular flexibility index (Phi) is 5.78. The van der Waals surface area contributed by atoms with Gasteiger partial charge in [-0.25, -0.2) is 8.42 Å². The van der Waals surface area contributed by atoms with Crippen LogP contribution in [-0.2, 0) is 19.6 Å². The molecule has 6 nitrogen and oxygen atoms in total. The number of amides is 1. The maximum Gasteiger partial charge on any atom is 0.250 e. The second-order valence-corrected chi connectivity index (χ2v) is 8.21. The molecule has 7 heteroatoms. The van der Waals surface area contributed by atoms with Gasteiger partial charge >= 0.3 is 0 Å². The minimum atomic E-state index is -3.49. The lowest BCUT2D eigenvalue weighted by atomic mass is 9.94. The number of carbonyl (C=O) groups excluding carboxylic acids is 1. The number of nitrogens with one attached hydrogen (secondary N) is 1. The third-order valence-electron chi connectivity index (χ3n) is 3.89. The molecule has 0 radical (unpaired) electrons. The van der Waals surface area contributed by atoms with Crippen LogP contribution in [0.3, 0.4) is 0 Å². The number of nitrogens with zero attached hydrogens (tertiary/aromatic N) is 1. The highest BCUT2D eigenvalue weighted by Crippen LogP contribution is 2.27. The van der Waals surface area contributed by atoms with Gasteiger partial charge < -0.3 is 10.1 Å². The number of anilines is 1. The summed E-state index contributed by atoms with van der Waals surface area (Å²) in [6.07, 6.45) is 1.05. The number of methoxy groups -OCH3 is 1. The van der Waals surface area contributed by atoms with E-state index >= 15 is 0 Å². The van der Waals surface area contributed by atoms with Gasteiger partial charge in [0.15, 0.2) is 0 Å². The fourth-order valence-electron chi connectivity index (χ4n) is 2.99. The van der Waals surface area contributed by atoms with Crippen molar-refractivity contribution in [2.75, 3.05) is 32.1 Å². The number of benzene rings is 1. The van der Waals surface area contributed by atoms with Crippen LogP contribution in [0.4, 0.5) is 5.69 Å². The van der Waals surface area contributed by atoms with Crippen LogP contribution in [0, 0.1) is 11.8 Å². The Balaban J connectivity index is 2.12. The van der Waals surface area contributed by atoms with Gasteiger partial charge in [0.25, 0.3) is 0 Å². The van der Waals surface area contributed by atoms with Crippen LogP contribution < -0.4 is 5.32 Å². The van der Waals surface area contributed by atoms with Gasteiger partial charge in [0, 0.05) is 25.9 Å². The fourth-order valence-corrected chi connectivity index (χ4v) is 4.67. The Bertz CT molecular complexity index is 633. The monoisotopic (exact) mass is 340 g/mol. The first-order valence-corrected chi connectivity index (χ1v) is 9.16. The van der Waals surface area contributed by atoms with E-state index in [1.165, 1.54) is 19.2 Å². The van der Waals surface area contributed by atoms with Crippen molar-refractivity contribution in [2.24, 2.45) is 11.8 Å². The van der Waals surface area contributed by atoms with Crippen molar-refractivity contribution in [1.82, 2.24) is 4.31 Å². The lowest BCUT2D eigenvalue weighted by Crippen LogP contribution is -2.42. The van der Waals surface area contributed by atoms with Crippen LogP contribution in [0.15, 0.2) is 29.2 Å². The summed E-state index contributed by atoms with van der Waals surface area (Å²) in [6, 6.07) is 6.25. The van der Waals surface area contributed by atoms with Gasteiger partial charge in [-0.3, -0.25) is 4.79 Å². The van der Waals surface area contributed by atoms with Crippen molar-refractivity contribution in [3.63, 3.8) is 0 Å². The van der Waals surface area contributed by atoms with E-state index in [0.29, 0.717) is 30.6 Å². The van der Waals surface area contributed by atoms with E-state index in [9.17, 15) is 13.2 Å². The van der Waals surface area contributed by atoms with Crippen LogP contribution in [0.25, 0.3) is 0 Å². The smallest absolute Gasteiger partial charge is 0.250 e. The molecule has 0 bridgehead atoms. The largest absolute Gasteiger partial charge is 0.375 e. The molecule has 1 saturated heterocycles. The Morgan fingerprint density at radius 3 is 2.30 bits per heavy atom. The minimum Gasteiger partial charge on any atom is -0.375 e. The third-order valence-corrected chi connectivity index (χ3v) is 5.73. The van der Waals surface area contributed by atoms with Crippen molar-refractivity contribution < 1.29 is 17.9 Å². The second-order valence-electron chi connectivity index (χ2n) is 6.27. The molecule has 0 aromatic heterocycles. The van der Waals surface area contributed by atoms with E-state index in [-0.39, 0.29) is 17.4 Å². The lowest BCUT2D eigenvalue weighted by Gasteiger charge is -2.34. The molecule has 1 amide bonds. The Morgan fingerprint density at radius 1 is 1.22 bits per heavy atom. The van der Waals surface area contributed by atoms with Crippen molar-refractivity contribution in [1.29, 1.82) is 0 Å². The molecule has 2 rings (SSSR count). The predicted octanol–water partition coefficient (Wildman–Crippen LogP) is 1.94. The summed E-state index contributed by atoms with van der Waals surface area (Å²) >= 11 is 0. The Hall–Kier alpha value is -1.44. The number of hydrogen-bond acceptors (Lipinski definition) is 4. The molecule has 1 aromatic rings. The fraction of sp³-hybridized carbons (Fsp3) is 0.562. The van der Waals surface area contributed by atoms with Crippen LogP contribution in [0.2, 0.25) is 0 Å². The zero-order valence-electron chi connectivity index (χ0n) is 13.8. The summed E-state index contributed by atoms with van der Waals surface area (Å²) in [5.74, 6) is 0.448. The highest BCUT2D eigenvalue weighted by molar-refractivity contribution is 7.89. The van der Waals surface area contributed by atoms with Gasteiger partial charge in [-0.05, 0) is 42.5 Å². The van der Waals surface area contributed by atoms with Crippen LogP contribution in [0.1, 0.15) is 20.3 Å². The number of piperidine rings is 1. The molecule has 2 atom stereocenters. The number of ether oxygens (including phenoxy) is 1. The zero-order chi connectivity index (χ0) is 17.0.